The van der Waals surface area contributed by atoms with Gasteiger partial charge in [0, 0.05) is 0 Å². The minimum atomic E-state index is -0.568. The zero-order valence-corrected chi connectivity index (χ0v) is 12.4. The number of rotatable bonds is 4. The van der Waals surface area contributed by atoms with E-state index in [9.17, 15) is 4.79 Å². The average molecular weight is 364 g/mol. The number of benzene rings is 1. The fourth-order valence-corrected chi connectivity index (χ4v) is 1.85. The first-order chi connectivity index (χ1) is 8.15. The van der Waals surface area contributed by atoms with Crippen molar-refractivity contribution < 1.29 is 9.53 Å². The van der Waals surface area contributed by atoms with Crippen molar-refractivity contribution in [2.75, 3.05) is 6.61 Å². The van der Waals surface area contributed by atoms with Crippen LogP contribution in [-0.2, 0) is 4.74 Å². The van der Waals surface area contributed by atoms with Crippen LogP contribution in [0.1, 0.15) is 12.5 Å². The molecule has 0 heterocycles. The van der Waals surface area contributed by atoms with E-state index < -0.39 is 6.09 Å². The van der Waals surface area contributed by atoms with E-state index in [0.29, 0.717) is 12.3 Å². The van der Waals surface area contributed by atoms with Gasteiger partial charge in [-0.25, -0.2) is 10.2 Å². The molecule has 6 heteroatoms. The molecule has 0 aliphatic rings. The van der Waals surface area contributed by atoms with Gasteiger partial charge in [0.05, 0.1) is 12.3 Å². The van der Waals surface area contributed by atoms with Gasteiger partial charge in [-0.15, -0.1) is 0 Å². The maximum atomic E-state index is 11.1. The van der Waals surface area contributed by atoms with Crippen molar-refractivity contribution >= 4 is 43.7 Å². The second-order valence-electron chi connectivity index (χ2n) is 3.00. The summed E-state index contributed by atoms with van der Waals surface area (Å²) in [5.74, 6) is 0. The molecule has 0 aliphatic carbocycles. The number of halogens is 2. The molecule has 0 saturated heterocycles. The van der Waals surface area contributed by atoms with Gasteiger partial charge in [-0.05, 0) is 12.5 Å². The number of nitrogens with one attached hydrogen (secondary N) is 1. The van der Waals surface area contributed by atoms with Crippen molar-refractivity contribution in [3.05, 3.63) is 35.9 Å². The predicted octanol–water partition coefficient (Wildman–Crippen LogP) is 3.25. The van der Waals surface area contributed by atoms with E-state index in [1.54, 1.807) is 6.92 Å². The molecule has 0 spiro atoms. The van der Waals surface area contributed by atoms with E-state index in [4.69, 9.17) is 4.74 Å². The third-order valence-electron chi connectivity index (χ3n) is 1.82. The minimum absolute atomic E-state index is 0.153. The van der Waals surface area contributed by atoms with Gasteiger partial charge in [-0.2, -0.15) is 5.10 Å². The van der Waals surface area contributed by atoms with Gasteiger partial charge < -0.3 is 4.74 Å². The zero-order chi connectivity index (χ0) is 12.7. The zero-order valence-electron chi connectivity index (χ0n) is 9.19. The third-order valence-corrected chi connectivity index (χ3v) is 2.69. The second-order valence-corrected chi connectivity index (χ2v) is 6.06. The Morgan fingerprint density at radius 1 is 1.41 bits per heavy atom. The summed E-state index contributed by atoms with van der Waals surface area (Å²) < 4.78 is 4.57. The third kappa shape index (κ3) is 4.87. The standard InChI is InChI=1S/C11H12Br2N2O2/c1-2-17-11(16)15-14-9(10(12)13)8-6-4-3-5-7-8/h3-7,10H,2H2,1H3,(H,15,16)/b14-9-. The van der Waals surface area contributed by atoms with E-state index in [1.165, 1.54) is 0 Å². The highest BCUT2D eigenvalue weighted by molar-refractivity contribution is 9.25. The summed E-state index contributed by atoms with van der Waals surface area (Å²) in [6, 6.07) is 9.52. The van der Waals surface area contributed by atoms with E-state index in [0.717, 1.165) is 5.56 Å². The summed E-state index contributed by atoms with van der Waals surface area (Å²) >= 11 is 6.72. The smallest absolute Gasteiger partial charge is 0.427 e. The number of hydrazone groups is 1. The van der Waals surface area contributed by atoms with Crippen LogP contribution in [0.15, 0.2) is 35.4 Å². The molecular formula is C11H12Br2N2O2. The number of alkyl halides is 2. The van der Waals surface area contributed by atoms with Crippen molar-refractivity contribution in [3.63, 3.8) is 0 Å². The van der Waals surface area contributed by atoms with Crippen molar-refractivity contribution in [2.45, 2.75) is 10.7 Å². The van der Waals surface area contributed by atoms with Gasteiger partial charge >= 0.3 is 6.09 Å². The molecule has 1 amide bonds. The summed E-state index contributed by atoms with van der Waals surface area (Å²) in [5.41, 5.74) is 3.90. The topological polar surface area (TPSA) is 50.7 Å². The fourth-order valence-electron chi connectivity index (χ4n) is 1.12. The quantitative estimate of drug-likeness (QED) is 0.507. The Morgan fingerprint density at radius 2 is 2.06 bits per heavy atom. The normalized spacial score (nSPS) is 11.4. The highest BCUT2D eigenvalue weighted by Gasteiger charge is 2.12. The van der Waals surface area contributed by atoms with Crippen LogP contribution in [-0.4, -0.2) is 22.1 Å². The van der Waals surface area contributed by atoms with Crippen LogP contribution in [0.2, 0.25) is 0 Å². The lowest BCUT2D eigenvalue weighted by molar-refractivity contribution is 0.152. The summed E-state index contributed by atoms with van der Waals surface area (Å²) in [4.78, 5) is 11.1. The Balaban J connectivity index is 2.80. The van der Waals surface area contributed by atoms with E-state index in [1.807, 2.05) is 30.3 Å². The Kier molecular flexibility index (Phi) is 6.21. The Labute approximate surface area is 117 Å². The maximum absolute atomic E-state index is 11.1. The van der Waals surface area contributed by atoms with Crippen LogP contribution in [0.4, 0.5) is 4.79 Å². The number of hydrogen-bond acceptors (Lipinski definition) is 3. The molecule has 1 N–H and O–H groups in total. The lowest BCUT2D eigenvalue weighted by Gasteiger charge is -2.08. The van der Waals surface area contributed by atoms with Crippen LogP contribution in [0.3, 0.4) is 0 Å². The first-order valence-corrected chi connectivity index (χ1v) is 6.82. The SMILES string of the molecule is CCOC(=O)N/N=C(/c1ccccc1)C(Br)Br. The number of ether oxygens (including phenoxy) is 1. The molecule has 17 heavy (non-hydrogen) atoms. The molecule has 0 bridgehead atoms. The number of carbonyl (C=O) groups is 1. The molecule has 1 rings (SSSR count). The van der Waals surface area contributed by atoms with E-state index in [2.05, 4.69) is 42.4 Å². The molecule has 0 unspecified atom stereocenters. The van der Waals surface area contributed by atoms with Crippen molar-refractivity contribution in [2.24, 2.45) is 5.10 Å². The molecule has 0 aromatic heterocycles. The molecule has 1 aromatic rings. The van der Waals surface area contributed by atoms with Crippen molar-refractivity contribution in [3.8, 4) is 0 Å². The highest BCUT2D eigenvalue weighted by Crippen LogP contribution is 2.16. The van der Waals surface area contributed by atoms with E-state index >= 15 is 0 Å². The first-order valence-electron chi connectivity index (χ1n) is 4.99. The second kappa shape index (κ2) is 7.45. The molecule has 0 saturated carbocycles. The number of nitrogens with zero attached hydrogens (tertiary/aromatic N) is 1. The molecule has 0 fully saturated rings. The van der Waals surface area contributed by atoms with E-state index in [-0.39, 0.29) is 3.74 Å². The monoisotopic (exact) mass is 362 g/mol. The molecule has 1 aromatic carbocycles. The van der Waals surface area contributed by atoms with Gasteiger partial charge in [0.15, 0.2) is 0 Å². The molecule has 4 nitrogen and oxygen atoms in total. The van der Waals surface area contributed by atoms with Gasteiger partial charge in [-0.3, -0.25) is 0 Å². The molecule has 0 atom stereocenters. The Morgan fingerprint density at radius 3 is 2.59 bits per heavy atom. The Hall–Kier alpha value is -0.880. The summed E-state index contributed by atoms with van der Waals surface area (Å²) in [5, 5.41) is 4.01. The molecule has 92 valence electrons. The lowest BCUT2D eigenvalue weighted by Crippen LogP contribution is -2.23. The van der Waals surface area contributed by atoms with Crippen LogP contribution in [0, 0.1) is 0 Å². The summed E-state index contributed by atoms with van der Waals surface area (Å²) in [6.07, 6.45) is -0.568. The number of hydrogen-bond donors (Lipinski definition) is 1. The van der Waals surface area contributed by atoms with Crippen molar-refractivity contribution in [1.82, 2.24) is 5.43 Å². The predicted molar refractivity (Wildman–Crippen MR) is 74.8 cm³/mol. The average Bonchev–Trinajstić information content (AvgIpc) is 2.30. The highest BCUT2D eigenvalue weighted by atomic mass is 79.9. The summed E-state index contributed by atoms with van der Waals surface area (Å²) in [6.45, 7) is 2.05. The van der Waals surface area contributed by atoms with Crippen LogP contribution < -0.4 is 5.43 Å². The molecular weight excluding hydrogens is 352 g/mol. The minimum Gasteiger partial charge on any atom is -0.449 e. The maximum Gasteiger partial charge on any atom is 0.427 e. The number of carbonyl (C=O) groups excluding carboxylic acids is 1. The van der Waals surface area contributed by atoms with Gasteiger partial charge in [-0.1, -0.05) is 62.2 Å². The van der Waals surface area contributed by atoms with Gasteiger partial charge in [0.1, 0.15) is 3.74 Å². The number of amides is 1. The summed E-state index contributed by atoms with van der Waals surface area (Å²) in [7, 11) is 0. The van der Waals surface area contributed by atoms with Crippen molar-refractivity contribution in [1.29, 1.82) is 0 Å². The first kappa shape index (κ1) is 14.2. The lowest BCUT2D eigenvalue weighted by atomic mass is 10.1. The van der Waals surface area contributed by atoms with Gasteiger partial charge in [0.25, 0.3) is 0 Å². The molecule has 0 radical (unpaired) electrons. The van der Waals surface area contributed by atoms with Crippen LogP contribution in [0.25, 0.3) is 0 Å². The van der Waals surface area contributed by atoms with Gasteiger partial charge in [0.2, 0.25) is 0 Å². The van der Waals surface area contributed by atoms with Crippen LogP contribution in [0.5, 0.6) is 0 Å². The largest absolute Gasteiger partial charge is 0.449 e. The fraction of sp³-hybridized carbons (Fsp3) is 0.273. The van der Waals surface area contributed by atoms with Crippen LogP contribution >= 0.6 is 31.9 Å². The molecule has 0 aliphatic heterocycles. The Bertz CT molecular complexity index is 394.